The van der Waals surface area contributed by atoms with Crippen LogP contribution in [0, 0.1) is 0 Å². The number of nitrogens with zero attached hydrogens (tertiary/aromatic N) is 1. The topological polar surface area (TPSA) is 29.3 Å². The molecule has 0 atom stereocenters. The normalized spacial score (nSPS) is 22.0. The third-order valence-corrected chi connectivity index (χ3v) is 1.95. The number of nitrogens with two attached hydrogens (primary N) is 1. The maximum absolute atomic E-state index is 7.29. The molecule has 2 heteroatoms. The SMILES string of the molecule is [2H]C([2H])([2H])N1Cc2ccc(N)cc2C1. The van der Waals surface area contributed by atoms with E-state index in [1.807, 2.05) is 18.2 Å². The number of hydrogen-bond acceptors (Lipinski definition) is 2. The average Bonchev–Trinajstić information content (AvgIpc) is 2.45. The van der Waals surface area contributed by atoms with Crippen LogP contribution in [0.5, 0.6) is 0 Å². The van der Waals surface area contributed by atoms with Crippen molar-refractivity contribution in [3.8, 4) is 0 Å². The van der Waals surface area contributed by atoms with Gasteiger partial charge in [-0.3, -0.25) is 4.90 Å². The third kappa shape index (κ3) is 1.10. The minimum Gasteiger partial charge on any atom is -0.399 e. The van der Waals surface area contributed by atoms with Crippen LogP contribution in [-0.4, -0.2) is 11.9 Å². The Balaban J connectivity index is 2.26. The molecule has 0 unspecified atom stereocenters. The summed E-state index contributed by atoms with van der Waals surface area (Å²) in [6.07, 6.45) is 0. The van der Waals surface area contributed by atoms with E-state index in [1.54, 1.807) is 0 Å². The zero-order chi connectivity index (χ0) is 10.3. The standard InChI is InChI=1S/C9H12N2/c1-11-5-7-2-3-9(10)4-8(7)6-11/h2-4H,5-6,10H2,1H3/i1D3. The van der Waals surface area contributed by atoms with Crippen molar-refractivity contribution in [2.45, 2.75) is 13.1 Å². The van der Waals surface area contributed by atoms with Gasteiger partial charge in [-0.2, -0.15) is 0 Å². The van der Waals surface area contributed by atoms with Gasteiger partial charge >= 0.3 is 0 Å². The van der Waals surface area contributed by atoms with E-state index in [-0.39, 0.29) is 0 Å². The fraction of sp³-hybridized carbons (Fsp3) is 0.333. The molecule has 1 aromatic carbocycles. The van der Waals surface area contributed by atoms with Gasteiger partial charge in [0.05, 0.1) is 0 Å². The highest BCUT2D eigenvalue weighted by atomic mass is 15.1. The summed E-state index contributed by atoms with van der Waals surface area (Å²) in [6, 6.07) is 5.55. The van der Waals surface area contributed by atoms with Crippen LogP contribution in [0.3, 0.4) is 0 Å². The van der Waals surface area contributed by atoms with Crippen LogP contribution in [0.1, 0.15) is 15.2 Å². The number of rotatable bonds is 0. The minimum atomic E-state index is -2.01. The molecule has 0 saturated heterocycles. The zero-order valence-corrected chi connectivity index (χ0v) is 6.17. The van der Waals surface area contributed by atoms with E-state index in [0.717, 1.165) is 11.1 Å². The molecule has 0 amide bonds. The summed E-state index contributed by atoms with van der Waals surface area (Å²) in [5, 5.41) is 0. The molecule has 2 N–H and O–H groups in total. The molecule has 0 saturated carbocycles. The molecule has 0 aliphatic carbocycles. The Morgan fingerprint density at radius 2 is 2.27 bits per heavy atom. The maximum Gasteiger partial charge on any atom is 0.0394 e. The molecule has 2 nitrogen and oxygen atoms in total. The Labute approximate surface area is 70.8 Å². The first kappa shape index (κ1) is 4.12. The minimum absolute atomic E-state index is 0.469. The molecule has 1 aliphatic heterocycles. The van der Waals surface area contributed by atoms with Crippen LogP contribution < -0.4 is 5.73 Å². The Morgan fingerprint density at radius 1 is 1.45 bits per heavy atom. The second kappa shape index (κ2) is 2.24. The summed E-state index contributed by atoms with van der Waals surface area (Å²) in [6.45, 7) is -1.04. The molecule has 2 rings (SSSR count). The van der Waals surface area contributed by atoms with E-state index >= 15 is 0 Å². The first-order valence-electron chi connectivity index (χ1n) is 5.09. The van der Waals surface area contributed by atoms with Gasteiger partial charge < -0.3 is 5.73 Å². The maximum atomic E-state index is 7.29. The predicted octanol–water partition coefficient (Wildman–Crippen LogP) is 1.21. The monoisotopic (exact) mass is 151 g/mol. The van der Waals surface area contributed by atoms with E-state index in [0.29, 0.717) is 18.8 Å². The lowest BCUT2D eigenvalue weighted by Gasteiger charge is -2.02. The van der Waals surface area contributed by atoms with Crippen molar-refractivity contribution in [3.05, 3.63) is 29.3 Å². The molecule has 0 aromatic heterocycles. The highest BCUT2D eigenvalue weighted by molar-refractivity contribution is 5.45. The lowest BCUT2D eigenvalue weighted by molar-refractivity contribution is 0.353. The number of hydrogen-bond donors (Lipinski definition) is 1. The van der Waals surface area contributed by atoms with Crippen LogP contribution in [0.4, 0.5) is 5.69 Å². The fourth-order valence-electron chi connectivity index (χ4n) is 1.41. The van der Waals surface area contributed by atoms with E-state index in [4.69, 9.17) is 9.85 Å². The van der Waals surface area contributed by atoms with Crippen LogP contribution in [-0.2, 0) is 13.1 Å². The van der Waals surface area contributed by atoms with Crippen LogP contribution in [0.25, 0.3) is 0 Å². The van der Waals surface area contributed by atoms with Crippen molar-refractivity contribution in [2.24, 2.45) is 0 Å². The summed E-state index contributed by atoms with van der Waals surface area (Å²) in [5.41, 5.74) is 8.41. The van der Waals surface area contributed by atoms with Gasteiger partial charge in [0.1, 0.15) is 0 Å². The molecule has 0 spiro atoms. The van der Waals surface area contributed by atoms with E-state index in [1.165, 1.54) is 4.90 Å². The van der Waals surface area contributed by atoms with Gasteiger partial charge in [0.15, 0.2) is 0 Å². The summed E-state index contributed by atoms with van der Waals surface area (Å²) < 4.78 is 21.9. The van der Waals surface area contributed by atoms with Gasteiger partial charge in [-0.05, 0) is 30.2 Å². The van der Waals surface area contributed by atoms with Gasteiger partial charge in [0.2, 0.25) is 0 Å². The number of fused-ring (bicyclic) bond motifs is 1. The molecule has 1 aliphatic rings. The van der Waals surface area contributed by atoms with Crippen molar-refractivity contribution in [1.82, 2.24) is 4.90 Å². The molecule has 1 aromatic rings. The first-order chi connectivity index (χ1) is 6.47. The zero-order valence-electron chi connectivity index (χ0n) is 9.17. The van der Waals surface area contributed by atoms with Gasteiger partial charge in [0.25, 0.3) is 0 Å². The molecule has 1 heterocycles. The average molecular weight is 151 g/mol. The second-order valence-electron chi connectivity index (χ2n) is 2.88. The molecule has 0 radical (unpaired) electrons. The molecule has 0 bridgehead atoms. The van der Waals surface area contributed by atoms with Crippen molar-refractivity contribution in [3.63, 3.8) is 0 Å². The Kier molecular flexibility index (Phi) is 0.838. The smallest absolute Gasteiger partial charge is 0.0394 e. The highest BCUT2D eigenvalue weighted by Gasteiger charge is 2.14. The molecular weight excluding hydrogens is 136 g/mol. The quantitative estimate of drug-likeness (QED) is 0.565. The summed E-state index contributed by atoms with van der Waals surface area (Å²) in [4.78, 5) is 1.47. The Morgan fingerprint density at radius 3 is 3.09 bits per heavy atom. The lowest BCUT2D eigenvalue weighted by Crippen LogP contribution is -2.07. The van der Waals surface area contributed by atoms with Crippen molar-refractivity contribution in [1.29, 1.82) is 0 Å². The summed E-state index contributed by atoms with van der Waals surface area (Å²) >= 11 is 0. The fourth-order valence-corrected chi connectivity index (χ4v) is 1.41. The Bertz CT molecular complexity index is 360. The van der Waals surface area contributed by atoms with E-state index in [9.17, 15) is 0 Å². The number of nitrogen functional groups attached to an aromatic ring is 1. The summed E-state index contributed by atoms with van der Waals surface area (Å²) in [7, 11) is 0. The van der Waals surface area contributed by atoms with Gasteiger partial charge in [-0.1, -0.05) is 6.07 Å². The first-order valence-corrected chi connectivity index (χ1v) is 3.59. The second-order valence-corrected chi connectivity index (χ2v) is 2.88. The number of anilines is 1. The predicted molar refractivity (Wildman–Crippen MR) is 46.0 cm³/mol. The van der Waals surface area contributed by atoms with Crippen LogP contribution >= 0.6 is 0 Å². The third-order valence-electron chi connectivity index (χ3n) is 1.95. The van der Waals surface area contributed by atoms with Gasteiger partial charge in [-0.15, -0.1) is 0 Å². The van der Waals surface area contributed by atoms with Crippen molar-refractivity contribution < 1.29 is 4.11 Å². The molecule has 0 fully saturated rings. The van der Waals surface area contributed by atoms with E-state index < -0.39 is 6.98 Å². The van der Waals surface area contributed by atoms with Gasteiger partial charge in [-0.25, -0.2) is 0 Å². The number of benzene rings is 1. The van der Waals surface area contributed by atoms with E-state index in [2.05, 4.69) is 0 Å². The van der Waals surface area contributed by atoms with Crippen LogP contribution in [0.15, 0.2) is 18.2 Å². The van der Waals surface area contributed by atoms with Gasteiger partial charge in [0, 0.05) is 22.9 Å². The van der Waals surface area contributed by atoms with Crippen LogP contribution in [0.2, 0.25) is 0 Å². The highest BCUT2D eigenvalue weighted by Crippen LogP contribution is 2.22. The lowest BCUT2D eigenvalue weighted by atomic mass is 10.1. The Hall–Kier alpha value is -1.02. The molecule has 58 valence electrons. The molecular formula is C9H12N2. The summed E-state index contributed by atoms with van der Waals surface area (Å²) in [5.74, 6) is 0. The van der Waals surface area contributed by atoms with Crippen molar-refractivity contribution >= 4 is 5.69 Å². The largest absolute Gasteiger partial charge is 0.399 e. The van der Waals surface area contributed by atoms with Crippen molar-refractivity contribution in [2.75, 3.05) is 12.7 Å². The molecule has 11 heavy (non-hydrogen) atoms.